The third kappa shape index (κ3) is 4.08. The number of hydrogen-bond acceptors (Lipinski definition) is 8. The van der Waals surface area contributed by atoms with Crippen LogP contribution in [0.2, 0.25) is 0 Å². The average Bonchev–Trinajstić information content (AvgIpc) is 3.07. The number of ether oxygens (including phenoxy) is 2. The minimum absolute atomic E-state index is 0.158. The van der Waals surface area contributed by atoms with Gasteiger partial charge in [-0.3, -0.25) is 5.32 Å². The summed E-state index contributed by atoms with van der Waals surface area (Å²) in [6, 6.07) is 7.75. The van der Waals surface area contributed by atoms with E-state index in [4.69, 9.17) is 13.9 Å². The maximum absolute atomic E-state index is 12.7. The first kappa shape index (κ1) is 20.1. The molecule has 10 nitrogen and oxygen atoms in total. The number of benzene rings is 1. The molecule has 0 atom stereocenters. The predicted molar refractivity (Wildman–Crippen MR) is 110 cm³/mol. The molecule has 31 heavy (non-hydrogen) atoms. The monoisotopic (exact) mass is 422 g/mol. The van der Waals surface area contributed by atoms with E-state index in [9.17, 15) is 14.4 Å². The molecule has 4 rings (SSSR count). The van der Waals surface area contributed by atoms with E-state index in [-0.39, 0.29) is 24.4 Å². The van der Waals surface area contributed by atoms with Crippen LogP contribution < -0.4 is 10.9 Å². The second kappa shape index (κ2) is 8.27. The first-order valence-electron chi connectivity index (χ1n) is 9.44. The van der Waals surface area contributed by atoms with Crippen LogP contribution >= 0.6 is 0 Å². The number of fused-ring (bicyclic) bond motifs is 2. The van der Waals surface area contributed by atoms with Crippen molar-refractivity contribution in [3.8, 4) is 0 Å². The molecule has 1 N–H and O–H groups in total. The van der Waals surface area contributed by atoms with Crippen LogP contribution in [-0.4, -0.2) is 33.3 Å². The lowest BCUT2D eigenvalue weighted by Crippen LogP contribution is -2.13. The molecule has 3 heterocycles. The predicted octanol–water partition coefficient (Wildman–Crippen LogP) is 3.07. The first-order chi connectivity index (χ1) is 15.0. The molecule has 0 fully saturated rings. The highest BCUT2D eigenvalue weighted by molar-refractivity contribution is 5.97. The van der Waals surface area contributed by atoms with Crippen LogP contribution in [0.4, 0.5) is 10.5 Å². The van der Waals surface area contributed by atoms with Gasteiger partial charge < -0.3 is 13.9 Å². The van der Waals surface area contributed by atoms with E-state index < -0.39 is 17.7 Å². The van der Waals surface area contributed by atoms with Crippen molar-refractivity contribution in [1.82, 2.24) is 14.6 Å². The van der Waals surface area contributed by atoms with E-state index in [2.05, 4.69) is 15.4 Å². The van der Waals surface area contributed by atoms with E-state index >= 15 is 0 Å². The quantitative estimate of drug-likeness (QED) is 0.384. The summed E-state index contributed by atoms with van der Waals surface area (Å²) in [7, 11) is 0. The van der Waals surface area contributed by atoms with Crippen molar-refractivity contribution in [1.29, 1.82) is 0 Å². The van der Waals surface area contributed by atoms with Gasteiger partial charge in [0.15, 0.2) is 5.65 Å². The molecule has 0 bridgehead atoms. The van der Waals surface area contributed by atoms with Crippen molar-refractivity contribution in [2.24, 2.45) is 0 Å². The summed E-state index contributed by atoms with van der Waals surface area (Å²) in [6.45, 7) is 3.45. The summed E-state index contributed by atoms with van der Waals surface area (Å²) in [5.74, 6) is -0.604. The van der Waals surface area contributed by atoms with Crippen molar-refractivity contribution >= 4 is 34.4 Å². The highest BCUT2D eigenvalue weighted by Crippen LogP contribution is 2.23. The lowest BCUT2D eigenvalue weighted by Gasteiger charge is -2.09. The van der Waals surface area contributed by atoms with Gasteiger partial charge in [-0.1, -0.05) is 0 Å². The maximum atomic E-state index is 12.7. The number of nitrogens with zero attached hydrogens (tertiary/aromatic N) is 3. The summed E-state index contributed by atoms with van der Waals surface area (Å²) < 4.78 is 17.0. The van der Waals surface area contributed by atoms with Crippen molar-refractivity contribution in [3.05, 3.63) is 70.0 Å². The van der Waals surface area contributed by atoms with E-state index in [0.717, 1.165) is 0 Å². The molecule has 0 aliphatic carbocycles. The van der Waals surface area contributed by atoms with Crippen LogP contribution in [0, 0.1) is 6.92 Å². The highest BCUT2D eigenvalue weighted by atomic mass is 16.5. The van der Waals surface area contributed by atoms with Crippen molar-refractivity contribution in [2.45, 2.75) is 20.5 Å². The van der Waals surface area contributed by atoms with Crippen LogP contribution in [0.1, 0.15) is 28.5 Å². The van der Waals surface area contributed by atoms with Gasteiger partial charge in [0, 0.05) is 41.2 Å². The number of hydrogen-bond donors (Lipinski definition) is 1. The zero-order valence-corrected chi connectivity index (χ0v) is 16.7. The van der Waals surface area contributed by atoms with Gasteiger partial charge in [-0.05, 0) is 32.0 Å². The summed E-state index contributed by atoms with van der Waals surface area (Å²) in [5, 5.41) is 7.35. The van der Waals surface area contributed by atoms with E-state index in [0.29, 0.717) is 28.0 Å². The normalized spacial score (nSPS) is 10.9. The van der Waals surface area contributed by atoms with Crippen molar-refractivity contribution in [2.75, 3.05) is 11.9 Å². The highest BCUT2D eigenvalue weighted by Gasteiger charge is 2.20. The van der Waals surface area contributed by atoms with Crippen LogP contribution in [0.5, 0.6) is 0 Å². The van der Waals surface area contributed by atoms with E-state index in [1.165, 1.54) is 16.6 Å². The van der Waals surface area contributed by atoms with Gasteiger partial charge in [0.05, 0.1) is 12.3 Å². The largest absolute Gasteiger partial charge is 0.457 e. The second-order valence-electron chi connectivity index (χ2n) is 6.57. The van der Waals surface area contributed by atoms with Gasteiger partial charge in [0.25, 0.3) is 0 Å². The SMILES string of the molecule is CCOC(=O)Nc1ccc2c(COC(=O)c3c(C)nn4cccnc34)cc(=O)oc2c1. The Bertz CT molecular complexity index is 1360. The topological polar surface area (TPSA) is 125 Å². The third-order valence-electron chi connectivity index (χ3n) is 4.49. The Kier molecular flexibility index (Phi) is 5.35. The zero-order valence-electron chi connectivity index (χ0n) is 16.7. The molecule has 0 unspecified atom stereocenters. The Morgan fingerprint density at radius 2 is 2.06 bits per heavy atom. The number of carbonyl (C=O) groups is 2. The maximum Gasteiger partial charge on any atom is 0.411 e. The fourth-order valence-corrected chi connectivity index (χ4v) is 3.16. The van der Waals surface area contributed by atoms with Crippen LogP contribution in [0.3, 0.4) is 0 Å². The average molecular weight is 422 g/mol. The Labute approximate surface area is 175 Å². The summed E-state index contributed by atoms with van der Waals surface area (Å²) >= 11 is 0. The number of aromatic nitrogens is 3. The van der Waals surface area contributed by atoms with Gasteiger partial charge in [-0.15, -0.1) is 0 Å². The Morgan fingerprint density at radius 1 is 1.23 bits per heavy atom. The Morgan fingerprint density at radius 3 is 2.87 bits per heavy atom. The molecule has 4 aromatic rings. The molecule has 0 aliphatic rings. The molecule has 0 saturated carbocycles. The van der Waals surface area contributed by atoms with Crippen molar-refractivity contribution < 1.29 is 23.5 Å². The van der Waals surface area contributed by atoms with Gasteiger partial charge in [0.2, 0.25) is 0 Å². The standard InChI is InChI=1S/C21H18N4O6/c1-3-29-21(28)23-14-5-6-15-13(9-17(26)31-16(15)10-14)11-30-20(27)18-12(2)24-25-8-4-7-22-19(18)25/h4-10H,3,11H2,1-2H3,(H,23,28). The number of nitrogens with one attached hydrogen (secondary N) is 1. The lowest BCUT2D eigenvalue weighted by molar-refractivity contribution is 0.0475. The first-order valence-corrected chi connectivity index (χ1v) is 9.44. The molecule has 3 aromatic heterocycles. The van der Waals surface area contributed by atoms with Crippen molar-refractivity contribution in [3.63, 3.8) is 0 Å². The molecule has 1 amide bonds. The smallest absolute Gasteiger partial charge is 0.411 e. The Hall–Kier alpha value is -4.21. The molecule has 1 aromatic carbocycles. The number of rotatable bonds is 5. The minimum Gasteiger partial charge on any atom is -0.457 e. The molecular formula is C21H18N4O6. The number of esters is 1. The summed E-state index contributed by atoms with van der Waals surface area (Å²) in [4.78, 5) is 40.5. The fourth-order valence-electron chi connectivity index (χ4n) is 3.16. The van der Waals surface area contributed by atoms with Gasteiger partial charge in [-0.25, -0.2) is 23.9 Å². The molecule has 0 spiro atoms. The zero-order chi connectivity index (χ0) is 22.0. The van der Waals surface area contributed by atoms with Crippen LogP contribution in [0.25, 0.3) is 16.6 Å². The number of amides is 1. The molecule has 10 heteroatoms. The summed E-state index contributed by atoms with van der Waals surface area (Å²) in [5.41, 5.74) is 1.62. The molecule has 0 saturated heterocycles. The number of carbonyl (C=O) groups excluding carboxylic acids is 2. The van der Waals surface area contributed by atoms with Gasteiger partial charge in [-0.2, -0.15) is 5.10 Å². The molecule has 0 aliphatic heterocycles. The third-order valence-corrected chi connectivity index (χ3v) is 4.49. The Balaban J connectivity index is 1.59. The minimum atomic E-state index is -0.619. The van der Waals surface area contributed by atoms with E-state index in [1.807, 2.05) is 0 Å². The fraction of sp³-hybridized carbons (Fsp3) is 0.190. The van der Waals surface area contributed by atoms with Crippen LogP contribution in [0.15, 0.2) is 51.9 Å². The summed E-state index contributed by atoms with van der Waals surface area (Å²) in [6.07, 6.45) is 2.63. The van der Waals surface area contributed by atoms with E-state index in [1.54, 1.807) is 44.4 Å². The number of anilines is 1. The molecular weight excluding hydrogens is 404 g/mol. The molecule has 158 valence electrons. The lowest BCUT2D eigenvalue weighted by atomic mass is 10.1. The van der Waals surface area contributed by atoms with Gasteiger partial charge in [0.1, 0.15) is 17.8 Å². The molecule has 0 radical (unpaired) electrons. The van der Waals surface area contributed by atoms with Gasteiger partial charge >= 0.3 is 17.7 Å². The second-order valence-corrected chi connectivity index (χ2v) is 6.57. The van der Waals surface area contributed by atoms with Crippen LogP contribution in [-0.2, 0) is 16.1 Å². The number of aryl methyl sites for hydroxylation is 1.